The van der Waals surface area contributed by atoms with Crippen LogP contribution in [-0.2, 0) is 30.8 Å². The number of ketones is 1. The van der Waals surface area contributed by atoms with Gasteiger partial charge in [-0.15, -0.1) is 0 Å². The molecule has 0 aliphatic carbocycles. The van der Waals surface area contributed by atoms with E-state index in [9.17, 15) is 22.8 Å². The van der Waals surface area contributed by atoms with Crippen molar-refractivity contribution < 1.29 is 32.0 Å². The van der Waals surface area contributed by atoms with Gasteiger partial charge >= 0.3 is 0 Å². The smallest absolute Gasteiger partial charge is 0.276 e. The van der Waals surface area contributed by atoms with Gasteiger partial charge in [-0.05, 0) is 31.7 Å². The van der Waals surface area contributed by atoms with Crippen LogP contribution in [-0.4, -0.2) is 79.6 Å². The molecular formula is C25H29N3O7S. The second kappa shape index (κ2) is 9.79. The fraction of sp³-hybridized carbons (Fsp3) is 0.480. The number of hydrogen-bond donors (Lipinski definition) is 1. The summed E-state index contributed by atoms with van der Waals surface area (Å²) in [5.74, 6) is -0.974. The number of furan rings is 1. The zero-order chi connectivity index (χ0) is 25.4. The summed E-state index contributed by atoms with van der Waals surface area (Å²) in [6.45, 7) is 2.70. The van der Waals surface area contributed by atoms with Crippen molar-refractivity contribution in [2.75, 3.05) is 26.2 Å². The third-order valence-electron chi connectivity index (χ3n) is 7.08. The largest absolute Gasteiger partial charge is 0.448 e. The summed E-state index contributed by atoms with van der Waals surface area (Å²) in [6.07, 6.45) is 2.02. The first-order valence-electron chi connectivity index (χ1n) is 12.2. The summed E-state index contributed by atoms with van der Waals surface area (Å²) in [5.41, 5.74) is 0.889. The Morgan fingerprint density at radius 2 is 1.86 bits per heavy atom. The number of benzene rings is 1. The Labute approximate surface area is 209 Å². The Morgan fingerprint density at radius 3 is 2.58 bits per heavy atom. The van der Waals surface area contributed by atoms with Crippen molar-refractivity contribution in [3.63, 3.8) is 0 Å². The van der Waals surface area contributed by atoms with Crippen LogP contribution in [0.15, 0.2) is 45.9 Å². The number of nitrogens with zero attached hydrogens (tertiary/aromatic N) is 2. The Hall–Kier alpha value is -3.02. The number of Topliss-reactive ketones (excluding diaryl/α,β-unsaturated/α-hetero) is 1. The Balaban J connectivity index is 1.39. The fourth-order valence-corrected chi connectivity index (χ4v) is 6.68. The highest BCUT2D eigenvalue weighted by atomic mass is 32.2. The number of sulfonamides is 1. The highest BCUT2D eigenvalue weighted by molar-refractivity contribution is 7.89. The van der Waals surface area contributed by atoms with Crippen LogP contribution in [0.25, 0.3) is 0 Å². The second-order valence-electron chi connectivity index (χ2n) is 9.44. The van der Waals surface area contributed by atoms with Crippen LogP contribution in [0.3, 0.4) is 0 Å². The lowest BCUT2D eigenvalue weighted by Gasteiger charge is -2.27. The molecule has 3 fully saturated rings. The van der Waals surface area contributed by atoms with Crippen molar-refractivity contribution in [3.05, 3.63) is 53.3 Å². The predicted molar refractivity (Wildman–Crippen MR) is 128 cm³/mol. The first-order valence-corrected chi connectivity index (χ1v) is 13.6. The summed E-state index contributed by atoms with van der Waals surface area (Å²) in [5, 5.41) is 2.49. The van der Waals surface area contributed by atoms with Gasteiger partial charge in [0.2, 0.25) is 11.0 Å². The van der Waals surface area contributed by atoms with E-state index in [-0.39, 0.29) is 47.2 Å². The normalized spacial score (nSPS) is 23.1. The molecule has 5 rings (SSSR count). The molecule has 3 aliphatic rings. The van der Waals surface area contributed by atoms with Crippen LogP contribution in [0, 0.1) is 6.92 Å². The minimum absolute atomic E-state index is 0.0166. The molecule has 1 N–H and O–H groups in total. The molecule has 10 nitrogen and oxygen atoms in total. The molecule has 2 aromatic rings. The molecule has 36 heavy (non-hydrogen) atoms. The van der Waals surface area contributed by atoms with Crippen LogP contribution < -0.4 is 5.32 Å². The first kappa shape index (κ1) is 24.7. The van der Waals surface area contributed by atoms with Gasteiger partial charge in [-0.1, -0.05) is 30.3 Å². The summed E-state index contributed by atoms with van der Waals surface area (Å²) in [6, 6.07) is 8.88. The number of nitrogens with one attached hydrogen (secondary N) is 1. The Kier molecular flexibility index (Phi) is 6.71. The first-order chi connectivity index (χ1) is 17.3. The molecule has 1 aromatic carbocycles. The van der Waals surface area contributed by atoms with E-state index in [0.717, 1.165) is 18.4 Å². The van der Waals surface area contributed by atoms with Gasteiger partial charge in [0.25, 0.3) is 15.9 Å². The number of ether oxygens (including phenoxy) is 1. The molecule has 0 bridgehead atoms. The molecule has 3 unspecified atom stereocenters. The van der Waals surface area contributed by atoms with E-state index < -0.39 is 28.0 Å². The van der Waals surface area contributed by atoms with Crippen LogP contribution in [0.1, 0.15) is 40.9 Å². The van der Waals surface area contributed by atoms with E-state index >= 15 is 0 Å². The third kappa shape index (κ3) is 4.58. The molecule has 4 heterocycles. The second-order valence-corrected chi connectivity index (χ2v) is 11.3. The lowest BCUT2D eigenvalue weighted by Crippen LogP contribution is -2.53. The molecule has 0 saturated carbocycles. The standard InChI is InChI=1S/C25H29N3O7S/c1-16-18(14-22(35-16)36(32,33)27-10-5-6-11-27)24(30)26-19(13-17-7-3-2-4-8-17)25(31)28-12-9-21-23(28)20(29)15-34-21/h2-4,7-8,14,19,21,23H,5-6,9-13,15H2,1H3,(H,26,30). The number of fused-ring (bicyclic) bond motifs is 1. The highest BCUT2D eigenvalue weighted by Crippen LogP contribution is 2.29. The zero-order valence-electron chi connectivity index (χ0n) is 20.0. The zero-order valence-corrected chi connectivity index (χ0v) is 20.8. The number of aryl methyl sites for hydroxylation is 1. The maximum Gasteiger partial charge on any atom is 0.276 e. The number of hydrogen-bond acceptors (Lipinski definition) is 7. The van der Waals surface area contributed by atoms with Gasteiger partial charge in [0, 0.05) is 32.1 Å². The maximum absolute atomic E-state index is 13.6. The summed E-state index contributed by atoms with van der Waals surface area (Å²) in [4.78, 5) is 40.8. The van der Waals surface area contributed by atoms with E-state index in [1.165, 1.54) is 22.2 Å². The molecule has 1 aromatic heterocycles. The average Bonchev–Trinajstić information content (AvgIpc) is 3.65. The minimum atomic E-state index is -3.84. The quantitative estimate of drug-likeness (QED) is 0.589. The van der Waals surface area contributed by atoms with E-state index in [1.807, 2.05) is 30.3 Å². The van der Waals surface area contributed by atoms with Crippen molar-refractivity contribution in [2.24, 2.45) is 0 Å². The van der Waals surface area contributed by atoms with Gasteiger partial charge in [0.1, 0.15) is 24.5 Å². The maximum atomic E-state index is 13.6. The number of rotatable bonds is 7. The van der Waals surface area contributed by atoms with Crippen LogP contribution in [0.4, 0.5) is 0 Å². The van der Waals surface area contributed by atoms with E-state index in [2.05, 4.69) is 5.32 Å². The molecule has 0 spiro atoms. The van der Waals surface area contributed by atoms with Crippen molar-refractivity contribution in [1.82, 2.24) is 14.5 Å². The van der Waals surface area contributed by atoms with E-state index in [4.69, 9.17) is 9.15 Å². The molecule has 3 atom stereocenters. The number of carbonyl (C=O) groups is 3. The van der Waals surface area contributed by atoms with Gasteiger partial charge in [-0.2, -0.15) is 4.31 Å². The molecular weight excluding hydrogens is 486 g/mol. The van der Waals surface area contributed by atoms with Crippen molar-refractivity contribution >= 4 is 27.6 Å². The van der Waals surface area contributed by atoms with Gasteiger partial charge in [0.15, 0.2) is 5.78 Å². The lowest BCUT2D eigenvalue weighted by atomic mass is 10.0. The number of amides is 2. The monoisotopic (exact) mass is 515 g/mol. The van der Waals surface area contributed by atoms with Crippen LogP contribution in [0.2, 0.25) is 0 Å². The molecule has 11 heteroatoms. The third-order valence-corrected chi connectivity index (χ3v) is 8.83. The van der Waals surface area contributed by atoms with E-state index in [1.54, 1.807) is 0 Å². The highest BCUT2D eigenvalue weighted by Gasteiger charge is 2.48. The molecule has 3 aliphatic heterocycles. The summed E-state index contributed by atoms with van der Waals surface area (Å²) in [7, 11) is -3.84. The van der Waals surface area contributed by atoms with Crippen molar-refractivity contribution in [3.8, 4) is 0 Å². The predicted octanol–water partition coefficient (Wildman–Crippen LogP) is 1.28. The van der Waals surface area contributed by atoms with Crippen molar-refractivity contribution in [2.45, 2.75) is 55.9 Å². The molecule has 192 valence electrons. The van der Waals surface area contributed by atoms with E-state index in [0.29, 0.717) is 26.1 Å². The Bertz CT molecular complexity index is 1270. The summed E-state index contributed by atoms with van der Waals surface area (Å²) < 4.78 is 38.2. The molecule has 0 radical (unpaired) electrons. The van der Waals surface area contributed by atoms with Gasteiger partial charge in [0.05, 0.1) is 11.7 Å². The fourth-order valence-electron chi connectivity index (χ4n) is 5.19. The average molecular weight is 516 g/mol. The van der Waals surface area contributed by atoms with Gasteiger partial charge < -0.3 is 19.4 Å². The Morgan fingerprint density at radius 1 is 1.14 bits per heavy atom. The van der Waals surface area contributed by atoms with Crippen molar-refractivity contribution in [1.29, 1.82) is 0 Å². The van der Waals surface area contributed by atoms with Crippen LogP contribution in [0.5, 0.6) is 0 Å². The van der Waals surface area contributed by atoms with Crippen LogP contribution >= 0.6 is 0 Å². The number of carbonyl (C=O) groups excluding carboxylic acids is 3. The molecule has 3 saturated heterocycles. The SMILES string of the molecule is Cc1oc(S(=O)(=O)N2CCCC2)cc1C(=O)NC(Cc1ccccc1)C(=O)N1CCC2OCC(=O)C21. The number of likely N-dealkylation sites (tertiary alicyclic amines) is 1. The summed E-state index contributed by atoms with van der Waals surface area (Å²) >= 11 is 0. The van der Waals surface area contributed by atoms with Gasteiger partial charge in [-0.3, -0.25) is 14.4 Å². The lowest BCUT2D eigenvalue weighted by molar-refractivity contribution is -0.138. The molecule has 2 amide bonds. The minimum Gasteiger partial charge on any atom is -0.448 e. The topological polar surface area (TPSA) is 126 Å². The van der Waals surface area contributed by atoms with Gasteiger partial charge in [-0.25, -0.2) is 8.42 Å².